The molecule has 0 spiro atoms. The topological polar surface area (TPSA) is 52.6 Å². The van der Waals surface area contributed by atoms with Crippen molar-refractivity contribution in [3.8, 4) is 0 Å². The maximum atomic E-state index is 12.5. The molecule has 0 aromatic heterocycles. The maximum absolute atomic E-state index is 12.5. The summed E-state index contributed by atoms with van der Waals surface area (Å²) in [6, 6.07) is 9.09. The van der Waals surface area contributed by atoms with Gasteiger partial charge in [-0.15, -0.1) is 0 Å². The monoisotopic (exact) mass is 330 g/mol. The van der Waals surface area contributed by atoms with E-state index in [2.05, 4.69) is 5.32 Å². The van der Waals surface area contributed by atoms with E-state index in [4.69, 9.17) is 0 Å². The van der Waals surface area contributed by atoms with Crippen LogP contribution in [0.15, 0.2) is 30.3 Å². The quantitative estimate of drug-likeness (QED) is 0.873. The van der Waals surface area contributed by atoms with Crippen LogP contribution in [0.1, 0.15) is 19.3 Å². The van der Waals surface area contributed by atoms with Gasteiger partial charge in [0.05, 0.1) is 0 Å². The van der Waals surface area contributed by atoms with Crippen molar-refractivity contribution in [2.24, 2.45) is 5.92 Å². The van der Waals surface area contributed by atoms with E-state index in [1.165, 1.54) is 0 Å². The Hall–Kier alpha value is -1.60. The number of amides is 1. The van der Waals surface area contributed by atoms with Crippen LogP contribution in [0, 0.1) is 5.92 Å². The fourth-order valence-corrected chi connectivity index (χ4v) is 2.76. The third-order valence-corrected chi connectivity index (χ3v) is 4.13. The van der Waals surface area contributed by atoms with Crippen molar-refractivity contribution in [1.29, 1.82) is 0 Å². The van der Waals surface area contributed by atoms with E-state index in [1.54, 1.807) is 12.1 Å². The lowest BCUT2D eigenvalue weighted by molar-refractivity contribution is -0.223. The van der Waals surface area contributed by atoms with E-state index in [1.807, 2.05) is 23.1 Å². The third kappa shape index (κ3) is 5.51. The molecule has 0 bridgehead atoms. The van der Waals surface area contributed by atoms with Gasteiger partial charge in [-0.2, -0.15) is 13.2 Å². The molecule has 0 saturated carbocycles. The first kappa shape index (κ1) is 17.7. The van der Waals surface area contributed by atoms with Crippen molar-refractivity contribution in [1.82, 2.24) is 4.90 Å². The fraction of sp³-hybridized carbons (Fsp3) is 0.562. The third-order valence-electron chi connectivity index (χ3n) is 4.13. The number of likely N-dealkylation sites (tertiary alicyclic amines) is 1. The Bertz CT molecular complexity index is 500. The molecule has 2 N–H and O–H groups in total. The van der Waals surface area contributed by atoms with E-state index < -0.39 is 18.2 Å². The van der Waals surface area contributed by atoms with Gasteiger partial charge in [0.1, 0.15) is 0 Å². The van der Waals surface area contributed by atoms with Crippen LogP contribution >= 0.6 is 0 Å². The summed E-state index contributed by atoms with van der Waals surface area (Å²) in [5.74, 6) is -0.863. The number of halogens is 3. The van der Waals surface area contributed by atoms with Crippen molar-refractivity contribution in [3.63, 3.8) is 0 Å². The number of benzene rings is 1. The van der Waals surface area contributed by atoms with E-state index in [-0.39, 0.29) is 5.91 Å². The number of para-hydroxylation sites is 1. The van der Waals surface area contributed by atoms with Crippen molar-refractivity contribution in [2.75, 3.05) is 25.0 Å². The number of carbonyl (C=O) groups excluding carboxylic acids is 1. The summed E-state index contributed by atoms with van der Waals surface area (Å²) in [7, 11) is 0. The largest absolute Gasteiger partial charge is 0.414 e. The summed E-state index contributed by atoms with van der Waals surface area (Å²) < 4.78 is 37.4. The molecule has 1 unspecified atom stereocenters. The highest BCUT2D eigenvalue weighted by atomic mass is 19.4. The van der Waals surface area contributed by atoms with Gasteiger partial charge in [0, 0.05) is 18.7 Å². The van der Waals surface area contributed by atoms with Gasteiger partial charge in [0.2, 0.25) is 5.91 Å². The number of hydrogen-bond acceptors (Lipinski definition) is 3. The molecular weight excluding hydrogens is 309 g/mol. The first-order valence-electron chi connectivity index (χ1n) is 7.68. The average Bonchev–Trinajstić information content (AvgIpc) is 2.53. The molecule has 1 heterocycles. The van der Waals surface area contributed by atoms with E-state index >= 15 is 0 Å². The van der Waals surface area contributed by atoms with Crippen molar-refractivity contribution in [3.05, 3.63) is 30.3 Å². The molecule has 1 amide bonds. The summed E-state index contributed by atoms with van der Waals surface area (Å²) in [6.45, 7) is 1.44. The molecule has 1 aliphatic rings. The minimum atomic E-state index is -4.55. The average molecular weight is 330 g/mol. The summed E-state index contributed by atoms with van der Waals surface area (Å²) >= 11 is 0. The second kappa shape index (κ2) is 7.79. The molecule has 2 rings (SSSR count). The van der Waals surface area contributed by atoms with Gasteiger partial charge >= 0.3 is 6.18 Å². The van der Waals surface area contributed by atoms with Gasteiger partial charge < -0.3 is 15.3 Å². The van der Waals surface area contributed by atoms with Crippen LogP contribution in [-0.2, 0) is 4.79 Å². The molecular formula is C16H21F3N2O2. The van der Waals surface area contributed by atoms with Gasteiger partial charge in [0.15, 0.2) is 6.10 Å². The zero-order valence-electron chi connectivity index (χ0n) is 12.7. The molecule has 0 radical (unpaired) electrons. The van der Waals surface area contributed by atoms with Crippen molar-refractivity contribution >= 4 is 11.6 Å². The van der Waals surface area contributed by atoms with Crippen molar-refractivity contribution in [2.45, 2.75) is 31.5 Å². The van der Waals surface area contributed by atoms with Crippen LogP contribution in [0.3, 0.4) is 0 Å². The standard InChI is InChI=1S/C16H21F3N2O2/c17-16(18,19)15(23)12-6-9-21(10-7-12)11-8-14(22)20-13-4-2-1-3-5-13/h1-5,12,15,23H,6-11H2,(H,20,22). The summed E-state index contributed by atoms with van der Waals surface area (Å²) in [6.07, 6.45) is -5.92. The van der Waals surface area contributed by atoms with Crippen LogP contribution in [0.4, 0.5) is 18.9 Å². The van der Waals surface area contributed by atoms with Gasteiger partial charge in [-0.05, 0) is 44.0 Å². The van der Waals surface area contributed by atoms with Crippen LogP contribution in [0.2, 0.25) is 0 Å². The lowest BCUT2D eigenvalue weighted by Crippen LogP contribution is -2.43. The van der Waals surface area contributed by atoms with Crippen LogP contribution in [0.5, 0.6) is 0 Å². The highest BCUT2D eigenvalue weighted by molar-refractivity contribution is 5.90. The summed E-state index contributed by atoms with van der Waals surface area (Å²) in [5.41, 5.74) is 0.726. The first-order chi connectivity index (χ1) is 10.9. The van der Waals surface area contributed by atoms with E-state index in [9.17, 15) is 23.1 Å². The highest BCUT2D eigenvalue weighted by Crippen LogP contribution is 2.31. The molecule has 1 atom stereocenters. The number of anilines is 1. The van der Waals surface area contributed by atoms with Gasteiger partial charge in [-0.1, -0.05) is 18.2 Å². The van der Waals surface area contributed by atoms with Gasteiger partial charge in [-0.3, -0.25) is 4.79 Å². The molecule has 1 saturated heterocycles. The second-order valence-electron chi connectivity index (χ2n) is 5.83. The van der Waals surface area contributed by atoms with Crippen LogP contribution < -0.4 is 5.32 Å². The molecule has 1 aromatic carbocycles. The number of aliphatic hydroxyl groups excluding tert-OH is 1. The van der Waals surface area contributed by atoms with Crippen molar-refractivity contribution < 1.29 is 23.1 Å². The Morgan fingerprint density at radius 2 is 1.87 bits per heavy atom. The zero-order chi connectivity index (χ0) is 16.9. The lowest BCUT2D eigenvalue weighted by atomic mass is 9.91. The van der Waals surface area contributed by atoms with Crippen LogP contribution in [-0.4, -0.2) is 47.8 Å². The van der Waals surface area contributed by atoms with Crippen LogP contribution in [0.25, 0.3) is 0 Å². The van der Waals surface area contributed by atoms with E-state index in [0.29, 0.717) is 38.9 Å². The Balaban J connectivity index is 1.69. The summed E-state index contributed by atoms with van der Waals surface area (Å²) in [4.78, 5) is 13.8. The number of hydrogen-bond donors (Lipinski definition) is 2. The normalized spacial score (nSPS) is 18.6. The number of piperidine rings is 1. The Labute approximate surface area is 133 Å². The molecule has 1 aromatic rings. The zero-order valence-corrected chi connectivity index (χ0v) is 12.7. The minimum absolute atomic E-state index is 0.117. The Morgan fingerprint density at radius 1 is 1.26 bits per heavy atom. The van der Waals surface area contributed by atoms with E-state index in [0.717, 1.165) is 5.69 Å². The number of rotatable bonds is 5. The predicted molar refractivity (Wildman–Crippen MR) is 80.9 cm³/mol. The number of aliphatic hydroxyl groups is 1. The molecule has 7 heteroatoms. The molecule has 128 valence electrons. The SMILES string of the molecule is O=C(CCN1CCC(C(O)C(F)(F)F)CC1)Nc1ccccc1. The molecule has 0 aliphatic carbocycles. The number of carbonyl (C=O) groups is 1. The predicted octanol–water partition coefficient (Wildman–Crippen LogP) is 2.65. The minimum Gasteiger partial charge on any atom is -0.383 e. The smallest absolute Gasteiger partial charge is 0.383 e. The molecule has 1 fully saturated rings. The lowest BCUT2D eigenvalue weighted by Gasteiger charge is -2.34. The number of nitrogens with one attached hydrogen (secondary N) is 1. The maximum Gasteiger partial charge on any atom is 0.414 e. The van der Waals surface area contributed by atoms with Gasteiger partial charge in [-0.25, -0.2) is 0 Å². The second-order valence-corrected chi connectivity index (χ2v) is 5.83. The number of nitrogens with zero attached hydrogens (tertiary/aromatic N) is 1. The molecule has 23 heavy (non-hydrogen) atoms. The highest BCUT2D eigenvalue weighted by Gasteiger charge is 2.44. The number of alkyl halides is 3. The first-order valence-corrected chi connectivity index (χ1v) is 7.68. The molecule has 4 nitrogen and oxygen atoms in total. The van der Waals surface area contributed by atoms with Gasteiger partial charge in [0.25, 0.3) is 0 Å². The summed E-state index contributed by atoms with van der Waals surface area (Å²) in [5, 5.41) is 12.0. The molecule has 1 aliphatic heterocycles. The Morgan fingerprint density at radius 3 is 2.43 bits per heavy atom. The Kier molecular flexibility index (Phi) is 6.01. The fourth-order valence-electron chi connectivity index (χ4n) is 2.76.